The zero-order chi connectivity index (χ0) is 14.0. The average molecular weight is 263 g/mol. The van der Waals surface area contributed by atoms with Crippen molar-refractivity contribution in [2.75, 3.05) is 26.2 Å². The lowest BCUT2D eigenvalue weighted by molar-refractivity contribution is 0.119. The molecule has 0 aromatic carbocycles. The standard InChI is InChI=1S/C16H29N3/c1-13(2)18-7-5-14(11-18)9-16(3,4)19-8-6-15(10-17)12-19/h13-15H,5-9,11-12H2,1-4H3. The van der Waals surface area contributed by atoms with Crippen molar-refractivity contribution in [3.63, 3.8) is 0 Å². The predicted molar refractivity (Wildman–Crippen MR) is 78.8 cm³/mol. The first-order chi connectivity index (χ1) is 8.92. The topological polar surface area (TPSA) is 30.3 Å². The van der Waals surface area contributed by atoms with Gasteiger partial charge in [-0.1, -0.05) is 0 Å². The van der Waals surface area contributed by atoms with Gasteiger partial charge >= 0.3 is 0 Å². The summed E-state index contributed by atoms with van der Waals surface area (Å²) in [5.41, 5.74) is 0.253. The number of likely N-dealkylation sites (tertiary alicyclic amines) is 2. The van der Waals surface area contributed by atoms with Crippen molar-refractivity contribution in [2.24, 2.45) is 11.8 Å². The van der Waals surface area contributed by atoms with E-state index in [1.54, 1.807) is 0 Å². The van der Waals surface area contributed by atoms with Crippen molar-refractivity contribution in [2.45, 2.75) is 58.5 Å². The van der Waals surface area contributed by atoms with Gasteiger partial charge in [-0.2, -0.15) is 5.26 Å². The van der Waals surface area contributed by atoms with E-state index in [-0.39, 0.29) is 11.5 Å². The fraction of sp³-hybridized carbons (Fsp3) is 0.938. The van der Waals surface area contributed by atoms with Crippen molar-refractivity contribution in [3.8, 4) is 6.07 Å². The molecule has 2 heterocycles. The van der Waals surface area contributed by atoms with Crippen LogP contribution in [0, 0.1) is 23.2 Å². The van der Waals surface area contributed by atoms with Gasteiger partial charge in [0.15, 0.2) is 0 Å². The highest BCUT2D eigenvalue weighted by atomic mass is 15.2. The highest BCUT2D eigenvalue weighted by Crippen LogP contribution is 2.33. The molecule has 108 valence electrons. The molecule has 0 spiro atoms. The fourth-order valence-corrected chi connectivity index (χ4v) is 3.75. The van der Waals surface area contributed by atoms with Gasteiger partial charge in [-0.25, -0.2) is 0 Å². The number of hydrogen-bond acceptors (Lipinski definition) is 3. The second kappa shape index (κ2) is 5.81. The molecule has 2 aliphatic heterocycles. The molecule has 2 saturated heterocycles. The third-order valence-corrected chi connectivity index (χ3v) is 5.06. The predicted octanol–water partition coefficient (Wildman–Crippen LogP) is 2.73. The maximum absolute atomic E-state index is 9.05. The van der Waals surface area contributed by atoms with E-state index in [1.165, 1.54) is 25.9 Å². The van der Waals surface area contributed by atoms with E-state index < -0.39 is 0 Å². The first kappa shape index (κ1) is 14.8. The molecule has 2 aliphatic rings. The largest absolute Gasteiger partial charge is 0.301 e. The van der Waals surface area contributed by atoms with Crippen LogP contribution in [0.1, 0.15) is 47.0 Å². The summed E-state index contributed by atoms with van der Waals surface area (Å²) in [5.74, 6) is 1.09. The van der Waals surface area contributed by atoms with E-state index in [1.807, 2.05) is 0 Å². The average Bonchev–Trinajstić information content (AvgIpc) is 2.96. The van der Waals surface area contributed by atoms with Crippen molar-refractivity contribution in [1.82, 2.24) is 9.80 Å². The summed E-state index contributed by atoms with van der Waals surface area (Å²) in [7, 11) is 0. The number of nitrogens with zero attached hydrogens (tertiary/aromatic N) is 3. The van der Waals surface area contributed by atoms with Gasteiger partial charge in [-0.15, -0.1) is 0 Å². The SMILES string of the molecule is CC(C)N1CCC(CC(C)(C)N2CCC(C#N)C2)C1. The molecule has 0 saturated carbocycles. The molecule has 0 bridgehead atoms. The smallest absolute Gasteiger partial charge is 0.0669 e. The monoisotopic (exact) mass is 263 g/mol. The lowest BCUT2D eigenvalue weighted by Gasteiger charge is -2.37. The van der Waals surface area contributed by atoms with Crippen LogP contribution in [0.2, 0.25) is 0 Å². The Morgan fingerprint density at radius 3 is 2.47 bits per heavy atom. The quantitative estimate of drug-likeness (QED) is 0.781. The van der Waals surface area contributed by atoms with Crippen molar-refractivity contribution in [1.29, 1.82) is 5.26 Å². The minimum Gasteiger partial charge on any atom is -0.301 e. The molecule has 0 aliphatic carbocycles. The zero-order valence-electron chi connectivity index (χ0n) is 13.0. The zero-order valence-corrected chi connectivity index (χ0v) is 13.0. The minimum absolute atomic E-state index is 0.253. The summed E-state index contributed by atoms with van der Waals surface area (Å²) < 4.78 is 0. The van der Waals surface area contributed by atoms with Crippen LogP contribution in [0.4, 0.5) is 0 Å². The van der Waals surface area contributed by atoms with Crippen LogP contribution >= 0.6 is 0 Å². The van der Waals surface area contributed by atoms with E-state index in [0.29, 0.717) is 6.04 Å². The maximum atomic E-state index is 9.05. The van der Waals surface area contributed by atoms with Gasteiger partial charge in [0.05, 0.1) is 12.0 Å². The Labute approximate surface area is 118 Å². The summed E-state index contributed by atoms with van der Waals surface area (Å²) in [4.78, 5) is 5.14. The van der Waals surface area contributed by atoms with E-state index in [4.69, 9.17) is 5.26 Å². The Morgan fingerprint density at radius 2 is 1.95 bits per heavy atom. The summed E-state index contributed by atoms with van der Waals surface area (Å²) in [6.07, 6.45) is 3.67. The summed E-state index contributed by atoms with van der Waals surface area (Å²) in [5, 5.41) is 9.05. The molecule has 3 heteroatoms. The molecule has 19 heavy (non-hydrogen) atoms. The third-order valence-electron chi connectivity index (χ3n) is 5.06. The van der Waals surface area contributed by atoms with Crippen LogP contribution < -0.4 is 0 Å². The molecule has 3 nitrogen and oxygen atoms in total. The van der Waals surface area contributed by atoms with Crippen molar-refractivity contribution in [3.05, 3.63) is 0 Å². The first-order valence-electron chi connectivity index (χ1n) is 7.81. The van der Waals surface area contributed by atoms with E-state index in [2.05, 4.69) is 43.6 Å². The van der Waals surface area contributed by atoms with Crippen LogP contribution in [0.3, 0.4) is 0 Å². The highest BCUT2D eigenvalue weighted by Gasteiger charge is 2.37. The van der Waals surface area contributed by atoms with E-state index in [0.717, 1.165) is 25.4 Å². The molecular weight excluding hydrogens is 234 g/mol. The summed E-state index contributed by atoms with van der Waals surface area (Å²) in [6.45, 7) is 13.9. The second-order valence-electron chi connectivity index (χ2n) is 7.32. The number of rotatable bonds is 4. The lowest BCUT2D eigenvalue weighted by atomic mass is 9.88. The molecule has 2 fully saturated rings. The van der Waals surface area contributed by atoms with Gasteiger partial charge in [0.25, 0.3) is 0 Å². The van der Waals surface area contributed by atoms with Crippen molar-refractivity contribution >= 4 is 0 Å². The molecule has 2 rings (SSSR count). The van der Waals surface area contributed by atoms with Gasteiger partial charge in [0.2, 0.25) is 0 Å². The van der Waals surface area contributed by atoms with E-state index in [9.17, 15) is 0 Å². The molecule has 2 unspecified atom stereocenters. The summed E-state index contributed by atoms with van der Waals surface area (Å²) >= 11 is 0. The Hall–Kier alpha value is -0.590. The van der Waals surface area contributed by atoms with Crippen LogP contribution in [-0.2, 0) is 0 Å². The lowest BCUT2D eigenvalue weighted by Crippen LogP contribution is -2.44. The molecule has 2 atom stereocenters. The van der Waals surface area contributed by atoms with Crippen molar-refractivity contribution < 1.29 is 0 Å². The Morgan fingerprint density at radius 1 is 1.21 bits per heavy atom. The second-order valence-corrected chi connectivity index (χ2v) is 7.32. The highest BCUT2D eigenvalue weighted by molar-refractivity contribution is 4.97. The van der Waals surface area contributed by atoms with Gasteiger partial charge in [0, 0.05) is 31.2 Å². The van der Waals surface area contributed by atoms with Crippen LogP contribution in [0.25, 0.3) is 0 Å². The number of nitriles is 1. The Bertz CT molecular complexity index is 342. The van der Waals surface area contributed by atoms with Crippen LogP contribution in [0.5, 0.6) is 0 Å². The molecule has 0 aromatic rings. The first-order valence-corrected chi connectivity index (χ1v) is 7.81. The molecule has 0 radical (unpaired) electrons. The minimum atomic E-state index is 0.253. The molecule has 0 N–H and O–H groups in total. The molecule has 0 amide bonds. The van der Waals surface area contributed by atoms with Gasteiger partial charge in [-0.05, 0) is 59.4 Å². The Kier molecular flexibility index (Phi) is 4.53. The van der Waals surface area contributed by atoms with Crippen LogP contribution in [-0.4, -0.2) is 47.6 Å². The molecule has 0 aromatic heterocycles. The normalized spacial score (nSPS) is 30.1. The summed E-state index contributed by atoms with van der Waals surface area (Å²) in [6, 6.07) is 3.11. The van der Waals surface area contributed by atoms with Gasteiger partial charge < -0.3 is 4.90 Å². The van der Waals surface area contributed by atoms with Crippen LogP contribution in [0.15, 0.2) is 0 Å². The van der Waals surface area contributed by atoms with Gasteiger partial charge in [0.1, 0.15) is 0 Å². The maximum Gasteiger partial charge on any atom is 0.0669 e. The van der Waals surface area contributed by atoms with E-state index >= 15 is 0 Å². The fourth-order valence-electron chi connectivity index (χ4n) is 3.75. The number of hydrogen-bond donors (Lipinski definition) is 0. The third kappa shape index (κ3) is 3.49. The van der Waals surface area contributed by atoms with Gasteiger partial charge in [-0.3, -0.25) is 4.90 Å². The molecular formula is C16H29N3. The Balaban J connectivity index is 1.86.